The van der Waals surface area contributed by atoms with Gasteiger partial charge in [0.1, 0.15) is 5.37 Å². The highest BCUT2D eigenvalue weighted by molar-refractivity contribution is 8.00. The molecule has 1 amide bonds. The number of carbonyl (C=O) groups excluding carboxylic acids is 1. The molecule has 0 N–H and O–H groups in total. The Bertz CT molecular complexity index is 672. The van der Waals surface area contributed by atoms with Crippen molar-refractivity contribution < 1.29 is 14.3 Å². The molecule has 1 saturated heterocycles. The van der Waals surface area contributed by atoms with Crippen LogP contribution in [0.5, 0.6) is 11.5 Å². The summed E-state index contributed by atoms with van der Waals surface area (Å²) in [5.74, 6) is 2.15. The number of carbonyl (C=O) groups is 1. The molecule has 0 bridgehead atoms. The first-order valence-electron chi connectivity index (χ1n) is 7.47. The Hall–Kier alpha value is -1.66. The Morgan fingerprint density at radius 2 is 2.17 bits per heavy atom. The van der Waals surface area contributed by atoms with Crippen LogP contribution in [0.1, 0.15) is 22.7 Å². The van der Waals surface area contributed by atoms with Crippen LogP contribution in [0.3, 0.4) is 0 Å². The van der Waals surface area contributed by atoms with E-state index in [1.54, 1.807) is 30.2 Å². The van der Waals surface area contributed by atoms with E-state index in [2.05, 4.69) is 6.07 Å². The van der Waals surface area contributed by atoms with Gasteiger partial charge in [0, 0.05) is 4.88 Å². The van der Waals surface area contributed by atoms with Crippen molar-refractivity contribution in [2.24, 2.45) is 0 Å². The number of methoxy groups -OCH3 is 1. The minimum absolute atomic E-state index is 0.0229. The van der Waals surface area contributed by atoms with Crippen LogP contribution in [-0.2, 0) is 11.3 Å². The summed E-state index contributed by atoms with van der Waals surface area (Å²) in [5.41, 5.74) is 1.07. The second kappa shape index (κ2) is 7.27. The van der Waals surface area contributed by atoms with Crippen LogP contribution in [0.4, 0.5) is 0 Å². The van der Waals surface area contributed by atoms with Gasteiger partial charge in [-0.05, 0) is 36.1 Å². The normalized spacial score (nSPS) is 17.6. The molecule has 6 heteroatoms. The van der Waals surface area contributed by atoms with Gasteiger partial charge < -0.3 is 14.4 Å². The fourth-order valence-electron chi connectivity index (χ4n) is 2.59. The Kier molecular flexibility index (Phi) is 5.13. The van der Waals surface area contributed by atoms with Crippen molar-refractivity contribution in [1.82, 2.24) is 4.90 Å². The summed E-state index contributed by atoms with van der Waals surface area (Å²) in [5, 5.41) is 2.06. The molecular weight excluding hydrogens is 330 g/mol. The zero-order chi connectivity index (χ0) is 16.2. The molecular formula is C17H19NO3S2. The molecule has 23 heavy (non-hydrogen) atoms. The van der Waals surface area contributed by atoms with Gasteiger partial charge in [0.05, 0.1) is 26.0 Å². The standard InChI is InChI=1S/C17H19NO3S2/c1-3-21-15-9-12(6-7-14(15)20-2)17-18(16(19)11-23-17)10-13-5-4-8-22-13/h4-9,17H,3,10-11H2,1-2H3. The van der Waals surface area contributed by atoms with Crippen LogP contribution < -0.4 is 9.47 Å². The Morgan fingerprint density at radius 3 is 2.87 bits per heavy atom. The van der Waals surface area contributed by atoms with E-state index < -0.39 is 0 Å². The molecule has 1 aliphatic heterocycles. The van der Waals surface area contributed by atoms with Gasteiger partial charge in [-0.3, -0.25) is 4.79 Å². The molecule has 1 fully saturated rings. The molecule has 1 aromatic carbocycles. The summed E-state index contributed by atoms with van der Waals surface area (Å²) in [6.07, 6.45) is 0. The lowest BCUT2D eigenvalue weighted by molar-refractivity contribution is -0.128. The lowest BCUT2D eigenvalue weighted by atomic mass is 10.1. The zero-order valence-electron chi connectivity index (χ0n) is 13.2. The number of amides is 1. The van der Waals surface area contributed by atoms with Crippen molar-refractivity contribution in [3.05, 3.63) is 46.2 Å². The van der Waals surface area contributed by atoms with Gasteiger partial charge in [-0.2, -0.15) is 0 Å². The summed E-state index contributed by atoms with van der Waals surface area (Å²) in [6.45, 7) is 3.18. The molecule has 122 valence electrons. The van der Waals surface area contributed by atoms with Crippen LogP contribution in [0.2, 0.25) is 0 Å². The van der Waals surface area contributed by atoms with Crippen molar-refractivity contribution in [3.63, 3.8) is 0 Å². The summed E-state index contributed by atoms with van der Waals surface area (Å²) in [7, 11) is 1.63. The smallest absolute Gasteiger partial charge is 0.234 e. The Balaban J connectivity index is 1.86. The number of rotatable bonds is 6. The fraction of sp³-hybridized carbons (Fsp3) is 0.353. The lowest BCUT2D eigenvalue weighted by Gasteiger charge is -2.24. The van der Waals surface area contributed by atoms with E-state index in [0.29, 0.717) is 18.9 Å². The van der Waals surface area contributed by atoms with Crippen LogP contribution in [0.15, 0.2) is 35.7 Å². The zero-order valence-corrected chi connectivity index (χ0v) is 14.8. The number of hydrogen-bond acceptors (Lipinski definition) is 5. The molecule has 0 saturated carbocycles. The molecule has 0 spiro atoms. The van der Waals surface area contributed by atoms with E-state index in [-0.39, 0.29) is 11.3 Å². The van der Waals surface area contributed by atoms with Crippen molar-refractivity contribution in [2.45, 2.75) is 18.8 Å². The predicted molar refractivity (Wildman–Crippen MR) is 94.2 cm³/mol. The second-order valence-corrected chi connectivity index (χ2v) is 7.21. The van der Waals surface area contributed by atoms with Crippen molar-refractivity contribution in [2.75, 3.05) is 19.5 Å². The van der Waals surface area contributed by atoms with E-state index in [4.69, 9.17) is 9.47 Å². The van der Waals surface area contributed by atoms with Crippen LogP contribution >= 0.6 is 23.1 Å². The van der Waals surface area contributed by atoms with Gasteiger partial charge in [0.15, 0.2) is 11.5 Å². The molecule has 1 aromatic heterocycles. The van der Waals surface area contributed by atoms with Gasteiger partial charge in [-0.15, -0.1) is 23.1 Å². The summed E-state index contributed by atoms with van der Waals surface area (Å²) in [6, 6.07) is 9.99. The molecule has 0 radical (unpaired) electrons. The second-order valence-electron chi connectivity index (χ2n) is 5.11. The van der Waals surface area contributed by atoms with Crippen molar-refractivity contribution >= 4 is 29.0 Å². The largest absolute Gasteiger partial charge is 0.493 e. The first kappa shape index (κ1) is 16.2. The third kappa shape index (κ3) is 3.48. The van der Waals surface area contributed by atoms with Crippen LogP contribution in [0.25, 0.3) is 0 Å². The minimum Gasteiger partial charge on any atom is -0.493 e. The van der Waals surface area contributed by atoms with Gasteiger partial charge in [0.25, 0.3) is 0 Å². The first-order chi connectivity index (χ1) is 11.2. The predicted octanol–water partition coefficient (Wildman–Crippen LogP) is 3.93. The highest BCUT2D eigenvalue weighted by Gasteiger charge is 2.33. The third-order valence-corrected chi connectivity index (χ3v) is 5.76. The maximum atomic E-state index is 12.3. The molecule has 1 unspecified atom stereocenters. The molecule has 1 aliphatic rings. The molecule has 0 aliphatic carbocycles. The molecule has 4 nitrogen and oxygen atoms in total. The number of nitrogens with zero attached hydrogens (tertiary/aromatic N) is 1. The van der Waals surface area contributed by atoms with Gasteiger partial charge in [-0.25, -0.2) is 0 Å². The Labute approximate surface area is 144 Å². The first-order valence-corrected chi connectivity index (χ1v) is 9.40. The highest BCUT2D eigenvalue weighted by Crippen LogP contribution is 2.42. The number of thiophene rings is 1. The fourth-order valence-corrected chi connectivity index (χ4v) is 4.47. The van der Waals surface area contributed by atoms with Gasteiger partial charge in [-0.1, -0.05) is 12.1 Å². The maximum Gasteiger partial charge on any atom is 0.234 e. The van der Waals surface area contributed by atoms with Crippen LogP contribution in [0, 0.1) is 0 Å². The number of ether oxygens (including phenoxy) is 2. The van der Waals surface area contributed by atoms with Crippen LogP contribution in [-0.4, -0.2) is 30.3 Å². The quantitative estimate of drug-likeness (QED) is 0.792. The van der Waals surface area contributed by atoms with Crippen molar-refractivity contribution in [1.29, 1.82) is 0 Å². The maximum absolute atomic E-state index is 12.3. The topological polar surface area (TPSA) is 38.8 Å². The van der Waals surface area contributed by atoms with E-state index in [1.807, 2.05) is 41.5 Å². The van der Waals surface area contributed by atoms with E-state index in [9.17, 15) is 4.79 Å². The van der Waals surface area contributed by atoms with Gasteiger partial charge in [0.2, 0.25) is 5.91 Å². The highest BCUT2D eigenvalue weighted by atomic mass is 32.2. The number of benzene rings is 1. The summed E-state index contributed by atoms with van der Waals surface area (Å²) in [4.78, 5) is 15.4. The summed E-state index contributed by atoms with van der Waals surface area (Å²) >= 11 is 3.34. The van der Waals surface area contributed by atoms with Gasteiger partial charge >= 0.3 is 0 Å². The van der Waals surface area contributed by atoms with E-state index in [0.717, 1.165) is 17.1 Å². The molecule has 2 aromatic rings. The van der Waals surface area contributed by atoms with Crippen molar-refractivity contribution in [3.8, 4) is 11.5 Å². The average molecular weight is 349 g/mol. The molecule has 1 atom stereocenters. The molecule has 2 heterocycles. The van der Waals surface area contributed by atoms with E-state index in [1.165, 1.54) is 4.88 Å². The minimum atomic E-state index is 0.0229. The number of hydrogen-bond donors (Lipinski definition) is 0. The third-order valence-electron chi connectivity index (χ3n) is 3.65. The monoisotopic (exact) mass is 349 g/mol. The molecule has 3 rings (SSSR count). The SMILES string of the molecule is CCOc1cc(C2SCC(=O)N2Cc2cccs2)ccc1OC. The van der Waals surface area contributed by atoms with E-state index >= 15 is 0 Å². The lowest BCUT2D eigenvalue weighted by Crippen LogP contribution is -2.27. The number of thioether (sulfide) groups is 1. The Morgan fingerprint density at radius 1 is 1.30 bits per heavy atom. The average Bonchev–Trinajstić information content (AvgIpc) is 3.19. The summed E-state index contributed by atoms with van der Waals surface area (Å²) < 4.78 is 11.0.